The minimum absolute atomic E-state index is 0.0821. The monoisotopic (exact) mass is 276 g/mol. The van der Waals surface area contributed by atoms with Crippen LogP contribution in [0.4, 0.5) is 0 Å². The molecule has 0 spiro atoms. The quantitative estimate of drug-likeness (QED) is 0.681. The molecule has 2 heterocycles. The number of pyridine rings is 1. The number of aromatic nitrogens is 2. The highest BCUT2D eigenvalue weighted by Gasteiger charge is 2.25. The Kier molecular flexibility index (Phi) is 2.85. The molecule has 3 aromatic rings. The molecule has 0 bridgehead atoms. The van der Waals surface area contributed by atoms with Crippen LogP contribution in [0, 0.1) is 0 Å². The molecule has 0 aliphatic heterocycles. The molecule has 0 radical (unpaired) electrons. The van der Waals surface area contributed by atoms with Gasteiger partial charge in [-0.1, -0.05) is 36.8 Å². The second-order valence-corrected chi connectivity index (χ2v) is 5.63. The van der Waals surface area contributed by atoms with Crippen molar-refractivity contribution in [2.75, 3.05) is 0 Å². The fourth-order valence-corrected chi connectivity index (χ4v) is 3.03. The van der Waals surface area contributed by atoms with Crippen molar-refractivity contribution in [1.29, 1.82) is 0 Å². The van der Waals surface area contributed by atoms with E-state index in [1.807, 2.05) is 42.6 Å². The summed E-state index contributed by atoms with van der Waals surface area (Å²) in [6, 6.07) is 13.8. The van der Waals surface area contributed by atoms with Gasteiger partial charge in [-0.15, -0.1) is 0 Å². The Hall–Kier alpha value is -2.42. The van der Waals surface area contributed by atoms with Crippen molar-refractivity contribution >= 4 is 11.3 Å². The summed E-state index contributed by atoms with van der Waals surface area (Å²) in [5, 5.41) is 4.27. The SMILES string of the molecule is O=C(c1ccccc1C1CCC1)c1cnn2ccccc12. The van der Waals surface area contributed by atoms with Crippen LogP contribution in [0.5, 0.6) is 0 Å². The number of benzene rings is 1. The van der Waals surface area contributed by atoms with Crippen molar-refractivity contribution in [2.24, 2.45) is 0 Å². The highest BCUT2D eigenvalue weighted by molar-refractivity contribution is 6.13. The van der Waals surface area contributed by atoms with Crippen molar-refractivity contribution in [3.8, 4) is 0 Å². The number of rotatable bonds is 3. The predicted octanol–water partition coefficient (Wildman–Crippen LogP) is 3.83. The van der Waals surface area contributed by atoms with E-state index < -0.39 is 0 Å². The molecule has 0 N–H and O–H groups in total. The lowest BCUT2D eigenvalue weighted by Gasteiger charge is -2.27. The van der Waals surface area contributed by atoms with Gasteiger partial charge in [0.2, 0.25) is 0 Å². The van der Waals surface area contributed by atoms with Crippen molar-refractivity contribution in [2.45, 2.75) is 25.2 Å². The Labute approximate surface area is 123 Å². The minimum Gasteiger partial charge on any atom is -0.288 e. The van der Waals surface area contributed by atoms with E-state index in [-0.39, 0.29) is 5.78 Å². The van der Waals surface area contributed by atoms with Gasteiger partial charge in [0.05, 0.1) is 17.3 Å². The van der Waals surface area contributed by atoms with Crippen LogP contribution in [-0.2, 0) is 0 Å². The molecule has 4 rings (SSSR count). The third-order valence-electron chi connectivity index (χ3n) is 4.42. The average Bonchev–Trinajstić information content (AvgIpc) is 2.89. The number of carbonyl (C=O) groups is 1. The summed E-state index contributed by atoms with van der Waals surface area (Å²) >= 11 is 0. The van der Waals surface area contributed by atoms with Gasteiger partial charge in [0, 0.05) is 11.8 Å². The molecular formula is C18H16N2O. The molecule has 0 unspecified atom stereocenters. The average molecular weight is 276 g/mol. The van der Waals surface area contributed by atoms with E-state index in [2.05, 4.69) is 11.2 Å². The number of fused-ring (bicyclic) bond motifs is 1. The molecule has 21 heavy (non-hydrogen) atoms. The van der Waals surface area contributed by atoms with E-state index in [4.69, 9.17) is 0 Å². The van der Waals surface area contributed by atoms with Crippen molar-refractivity contribution in [3.05, 3.63) is 71.5 Å². The second kappa shape index (κ2) is 4.85. The largest absolute Gasteiger partial charge is 0.288 e. The fourth-order valence-electron chi connectivity index (χ4n) is 3.03. The van der Waals surface area contributed by atoms with E-state index in [9.17, 15) is 4.79 Å². The highest BCUT2D eigenvalue weighted by Crippen LogP contribution is 2.38. The standard InChI is InChI=1S/C18H16N2O/c21-18(16-12-19-20-11-4-3-10-17(16)20)15-9-2-1-8-14(15)13-6-5-7-13/h1-4,8-13H,5-7H2. The number of carbonyl (C=O) groups excluding carboxylic acids is 1. The van der Waals surface area contributed by atoms with Gasteiger partial charge in [-0.2, -0.15) is 5.10 Å². The Morgan fingerprint density at radius 1 is 1.05 bits per heavy atom. The van der Waals surface area contributed by atoms with Gasteiger partial charge < -0.3 is 0 Å². The van der Waals surface area contributed by atoms with Crippen LogP contribution >= 0.6 is 0 Å². The maximum atomic E-state index is 12.9. The Bertz CT molecular complexity index is 815. The summed E-state index contributed by atoms with van der Waals surface area (Å²) in [4.78, 5) is 12.9. The minimum atomic E-state index is 0.0821. The maximum Gasteiger partial charge on any atom is 0.197 e. The fraction of sp³-hybridized carbons (Fsp3) is 0.222. The van der Waals surface area contributed by atoms with E-state index >= 15 is 0 Å². The summed E-state index contributed by atoms with van der Waals surface area (Å²) in [6.45, 7) is 0. The van der Waals surface area contributed by atoms with Gasteiger partial charge in [-0.25, -0.2) is 4.52 Å². The van der Waals surface area contributed by atoms with Gasteiger partial charge >= 0.3 is 0 Å². The number of nitrogens with zero attached hydrogens (tertiary/aromatic N) is 2. The third kappa shape index (κ3) is 1.97. The highest BCUT2D eigenvalue weighted by atomic mass is 16.1. The third-order valence-corrected chi connectivity index (χ3v) is 4.42. The summed E-state index contributed by atoms with van der Waals surface area (Å²) < 4.78 is 1.75. The van der Waals surface area contributed by atoms with Crippen LogP contribution < -0.4 is 0 Å². The summed E-state index contributed by atoms with van der Waals surface area (Å²) in [5.74, 6) is 0.630. The van der Waals surface area contributed by atoms with Crippen molar-refractivity contribution in [3.63, 3.8) is 0 Å². The van der Waals surface area contributed by atoms with E-state index in [0.29, 0.717) is 11.5 Å². The number of hydrogen-bond acceptors (Lipinski definition) is 2. The van der Waals surface area contributed by atoms with Crippen molar-refractivity contribution in [1.82, 2.24) is 9.61 Å². The van der Waals surface area contributed by atoms with Gasteiger partial charge in [-0.3, -0.25) is 4.79 Å². The van der Waals surface area contributed by atoms with Gasteiger partial charge in [0.25, 0.3) is 0 Å². The molecule has 104 valence electrons. The molecule has 0 saturated heterocycles. The molecule has 0 amide bonds. The predicted molar refractivity (Wildman–Crippen MR) is 81.7 cm³/mol. The first-order valence-corrected chi connectivity index (χ1v) is 7.40. The Morgan fingerprint density at radius 2 is 1.86 bits per heavy atom. The first kappa shape index (κ1) is 12.3. The smallest absolute Gasteiger partial charge is 0.197 e. The van der Waals surface area contributed by atoms with Gasteiger partial charge in [0.1, 0.15) is 0 Å². The molecule has 2 aromatic heterocycles. The summed E-state index contributed by atoms with van der Waals surface area (Å²) in [7, 11) is 0. The second-order valence-electron chi connectivity index (χ2n) is 5.63. The Morgan fingerprint density at radius 3 is 2.67 bits per heavy atom. The van der Waals surface area contributed by atoms with Gasteiger partial charge in [0.15, 0.2) is 5.78 Å². The zero-order valence-corrected chi connectivity index (χ0v) is 11.7. The molecule has 1 aromatic carbocycles. The number of ketones is 1. The zero-order valence-electron chi connectivity index (χ0n) is 11.7. The van der Waals surface area contributed by atoms with Crippen LogP contribution in [-0.4, -0.2) is 15.4 Å². The lowest BCUT2D eigenvalue weighted by atomic mass is 9.77. The number of hydrogen-bond donors (Lipinski definition) is 0. The molecule has 0 atom stereocenters. The summed E-state index contributed by atoms with van der Waals surface area (Å²) in [6.07, 6.45) is 7.20. The van der Waals surface area contributed by atoms with E-state index in [1.54, 1.807) is 10.7 Å². The molecule has 1 aliphatic carbocycles. The van der Waals surface area contributed by atoms with Crippen LogP contribution in [0.2, 0.25) is 0 Å². The first-order chi connectivity index (χ1) is 10.3. The van der Waals surface area contributed by atoms with Crippen LogP contribution in [0.15, 0.2) is 54.9 Å². The summed E-state index contributed by atoms with van der Waals surface area (Å²) in [5.41, 5.74) is 3.58. The van der Waals surface area contributed by atoms with E-state index in [0.717, 1.165) is 11.1 Å². The molecular weight excluding hydrogens is 260 g/mol. The zero-order chi connectivity index (χ0) is 14.2. The van der Waals surface area contributed by atoms with Crippen LogP contribution in [0.25, 0.3) is 5.52 Å². The lowest BCUT2D eigenvalue weighted by Crippen LogP contribution is -2.14. The van der Waals surface area contributed by atoms with Crippen molar-refractivity contribution < 1.29 is 4.79 Å². The molecule has 3 heteroatoms. The topological polar surface area (TPSA) is 34.4 Å². The molecule has 1 fully saturated rings. The normalized spacial score (nSPS) is 15.0. The van der Waals surface area contributed by atoms with E-state index in [1.165, 1.54) is 24.8 Å². The first-order valence-electron chi connectivity index (χ1n) is 7.40. The lowest BCUT2D eigenvalue weighted by molar-refractivity contribution is 0.103. The maximum absolute atomic E-state index is 12.9. The van der Waals surface area contributed by atoms with Gasteiger partial charge in [-0.05, 0) is 36.5 Å². The van der Waals surface area contributed by atoms with Crippen LogP contribution in [0.1, 0.15) is 46.7 Å². The Balaban J connectivity index is 1.81. The molecule has 1 aliphatic rings. The molecule has 3 nitrogen and oxygen atoms in total. The van der Waals surface area contributed by atoms with Crippen LogP contribution in [0.3, 0.4) is 0 Å². The molecule has 1 saturated carbocycles.